The van der Waals surface area contributed by atoms with E-state index in [0.717, 1.165) is 10.9 Å². The Balaban J connectivity index is 1.61. The number of nitrogens with zero attached hydrogens (tertiary/aromatic N) is 1. The van der Waals surface area contributed by atoms with Gasteiger partial charge >= 0.3 is 6.03 Å². The van der Waals surface area contributed by atoms with Crippen molar-refractivity contribution in [2.45, 2.75) is 6.04 Å². The van der Waals surface area contributed by atoms with Gasteiger partial charge in [0.1, 0.15) is 5.82 Å². The summed E-state index contributed by atoms with van der Waals surface area (Å²) in [5, 5.41) is 6.98. The van der Waals surface area contributed by atoms with E-state index in [1.807, 2.05) is 30.3 Å². The zero-order valence-corrected chi connectivity index (χ0v) is 18.2. The van der Waals surface area contributed by atoms with Gasteiger partial charge in [0.25, 0.3) is 5.91 Å². The highest BCUT2D eigenvalue weighted by Crippen LogP contribution is 2.41. The maximum atomic E-state index is 13.9. The second-order valence-corrected chi connectivity index (χ2v) is 8.48. The fraction of sp³-hybridized carbons (Fsp3) is 0.0435. The third-order valence-electron chi connectivity index (χ3n) is 5.28. The molecule has 2 heterocycles. The summed E-state index contributed by atoms with van der Waals surface area (Å²) in [7, 11) is 0. The van der Waals surface area contributed by atoms with Crippen molar-refractivity contribution in [3.63, 3.8) is 0 Å². The Kier molecular flexibility index (Phi) is 4.79. The van der Waals surface area contributed by atoms with Gasteiger partial charge in [-0.1, -0.05) is 45.7 Å². The van der Waals surface area contributed by atoms with Gasteiger partial charge in [-0.2, -0.15) is 0 Å². The molecule has 2 amide bonds. The van der Waals surface area contributed by atoms with Gasteiger partial charge in [0, 0.05) is 43.5 Å². The number of fused-ring (bicyclic) bond motifs is 2. The maximum Gasteiger partial charge on any atom is 0.330 e. The minimum absolute atomic E-state index is 0.316. The molecule has 0 saturated carbocycles. The number of aromatic nitrogens is 1. The highest BCUT2D eigenvalue weighted by molar-refractivity contribution is 9.10. The summed E-state index contributed by atoms with van der Waals surface area (Å²) in [5.41, 5.74) is 2.51. The molecule has 1 aliphatic heterocycles. The molecule has 0 spiro atoms. The highest BCUT2D eigenvalue weighted by atomic mass is 79.9. The molecule has 0 fully saturated rings. The molecule has 2 N–H and O–H groups in total. The topological polar surface area (TPSA) is 63.1 Å². The van der Waals surface area contributed by atoms with E-state index in [9.17, 15) is 14.0 Å². The number of carbonyl (C=O) groups is 2. The maximum absolute atomic E-state index is 13.9. The lowest BCUT2D eigenvalue weighted by atomic mass is 9.96. The van der Waals surface area contributed by atoms with Gasteiger partial charge in [-0.05, 0) is 42.5 Å². The van der Waals surface area contributed by atoms with E-state index >= 15 is 0 Å². The second-order valence-electron chi connectivity index (χ2n) is 7.16. The van der Waals surface area contributed by atoms with E-state index in [1.54, 1.807) is 18.3 Å². The highest BCUT2D eigenvalue weighted by Gasteiger charge is 2.34. The molecule has 5 nitrogen and oxygen atoms in total. The number of anilines is 1. The molecule has 3 aromatic carbocycles. The molecule has 8 heteroatoms. The number of hydrogen-bond donors (Lipinski definition) is 2. The van der Waals surface area contributed by atoms with Crippen LogP contribution in [0.2, 0.25) is 5.02 Å². The van der Waals surface area contributed by atoms with E-state index in [-0.39, 0.29) is 11.9 Å². The molecule has 1 unspecified atom stereocenters. The Morgan fingerprint density at radius 3 is 2.77 bits per heavy atom. The number of para-hydroxylation sites is 1. The van der Waals surface area contributed by atoms with Crippen LogP contribution in [0.4, 0.5) is 14.9 Å². The van der Waals surface area contributed by atoms with Crippen molar-refractivity contribution in [3.8, 4) is 0 Å². The van der Waals surface area contributed by atoms with Crippen molar-refractivity contribution in [1.29, 1.82) is 0 Å². The normalized spacial score (nSPS) is 15.1. The van der Waals surface area contributed by atoms with Crippen molar-refractivity contribution >= 4 is 56.1 Å². The molecular formula is C23H14BrClFN3O2. The Bertz CT molecular complexity index is 1380. The number of carbonyl (C=O) groups excluding carboxylic acids is 2. The summed E-state index contributed by atoms with van der Waals surface area (Å²) in [6.07, 6.45) is 1.68. The van der Waals surface area contributed by atoms with Gasteiger partial charge in [-0.25, -0.2) is 9.18 Å². The lowest BCUT2D eigenvalue weighted by Gasteiger charge is -2.18. The summed E-state index contributed by atoms with van der Waals surface area (Å²) in [5.74, 6) is -0.799. The van der Waals surface area contributed by atoms with E-state index in [1.165, 1.54) is 22.8 Å². The first-order chi connectivity index (χ1) is 14.9. The van der Waals surface area contributed by atoms with Crippen molar-refractivity contribution < 1.29 is 14.0 Å². The van der Waals surface area contributed by atoms with Gasteiger partial charge in [-0.15, -0.1) is 0 Å². The Labute approximate surface area is 189 Å². The van der Waals surface area contributed by atoms with E-state index < -0.39 is 11.9 Å². The number of rotatable bonds is 2. The average Bonchev–Trinajstić information content (AvgIpc) is 3.31. The molecule has 0 bridgehead atoms. The largest absolute Gasteiger partial charge is 0.341 e. The lowest BCUT2D eigenvalue weighted by Crippen LogP contribution is -2.22. The quantitative estimate of drug-likeness (QED) is 0.350. The molecule has 154 valence electrons. The van der Waals surface area contributed by atoms with Gasteiger partial charge in [0.05, 0.1) is 11.6 Å². The van der Waals surface area contributed by atoms with Gasteiger partial charge in [-0.3, -0.25) is 9.36 Å². The van der Waals surface area contributed by atoms with E-state index in [0.29, 0.717) is 31.9 Å². The first-order valence-corrected chi connectivity index (χ1v) is 10.6. The summed E-state index contributed by atoms with van der Waals surface area (Å²) in [6, 6.07) is 15.6. The standard InChI is InChI=1S/C23H14BrClFN3O2/c24-13-9-16-20(21(28-22(16)30)15-11-14(26)5-6-17(15)25)18(10-13)27-23(31)29-8-7-12-3-1-2-4-19(12)29/h1-11,21H,(H,27,31)(H,28,30). The van der Waals surface area contributed by atoms with Gasteiger partial charge < -0.3 is 10.6 Å². The molecule has 4 aromatic rings. The number of hydrogen-bond acceptors (Lipinski definition) is 2. The Morgan fingerprint density at radius 2 is 1.94 bits per heavy atom. The molecule has 31 heavy (non-hydrogen) atoms. The molecule has 1 aromatic heterocycles. The summed E-state index contributed by atoms with van der Waals surface area (Å²) >= 11 is 9.71. The zero-order chi connectivity index (χ0) is 21.7. The van der Waals surface area contributed by atoms with E-state index in [2.05, 4.69) is 26.6 Å². The average molecular weight is 499 g/mol. The van der Waals surface area contributed by atoms with E-state index in [4.69, 9.17) is 11.6 Å². The summed E-state index contributed by atoms with van der Waals surface area (Å²) in [6.45, 7) is 0. The minimum Gasteiger partial charge on any atom is -0.341 e. The van der Waals surface area contributed by atoms with Crippen LogP contribution in [0.25, 0.3) is 10.9 Å². The smallest absolute Gasteiger partial charge is 0.330 e. The minimum atomic E-state index is -0.699. The van der Waals surface area contributed by atoms with Gasteiger partial charge in [0.15, 0.2) is 0 Å². The SMILES string of the molecule is O=C1NC(c2cc(F)ccc2Cl)c2c(NC(=O)n3ccc4ccccc43)cc(Br)cc21. The second kappa shape index (κ2) is 7.51. The van der Waals surface area contributed by atoms with Crippen LogP contribution >= 0.6 is 27.5 Å². The number of benzene rings is 3. The van der Waals surface area contributed by atoms with Crippen molar-refractivity contribution in [2.24, 2.45) is 0 Å². The summed E-state index contributed by atoms with van der Waals surface area (Å²) in [4.78, 5) is 25.7. The first kappa shape index (κ1) is 19.8. The van der Waals surface area contributed by atoms with Crippen molar-refractivity contribution in [2.75, 3.05) is 5.32 Å². The molecule has 5 rings (SSSR count). The fourth-order valence-electron chi connectivity index (χ4n) is 3.91. The molecular weight excluding hydrogens is 485 g/mol. The van der Waals surface area contributed by atoms with Crippen LogP contribution in [-0.4, -0.2) is 16.5 Å². The number of amides is 2. The molecule has 1 atom stereocenters. The monoisotopic (exact) mass is 497 g/mol. The molecule has 0 aliphatic carbocycles. The fourth-order valence-corrected chi connectivity index (χ4v) is 4.59. The van der Waals surface area contributed by atoms with Gasteiger partial charge in [0.2, 0.25) is 0 Å². The molecule has 0 radical (unpaired) electrons. The predicted octanol–water partition coefficient (Wildman–Crippen LogP) is 6.11. The van der Waals surface area contributed by atoms with Crippen LogP contribution < -0.4 is 10.6 Å². The predicted molar refractivity (Wildman–Crippen MR) is 121 cm³/mol. The van der Waals surface area contributed by atoms with Crippen molar-refractivity contribution in [1.82, 2.24) is 9.88 Å². The number of halogens is 3. The third kappa shape index (κ3) is 3.40. The zero-order valence-electron chi connectivity index (χ0n) is 15.8. The van der Waals surface area contributed by atoms with Crippen molar-refractivity contribution in [3.05, 3.63) is 98.9 Å². The molecule has 1 aliphatic rings. The molecule has 0 saturated heterocycles. The van der Waals surface area contributed by atoms with Crippen LogP contribution in [0.1, 0.15) is 27.5 Å². The first-order valence-electron chi connectivity index (χ1n) is 9.39. The van der Waals surface area contributed by atoms with Crippen LogP contribution in [0.5, 0.6) is 0 Å². The van der Waals surface area contributed by atoms with Crippen LogP contribution in [-0.2, 0) is 0 Å². The Morgan fingerprint density at radius 1 is 1.13 bits per heavy atom. The van der Waals surface area contributed by atoms with Crippen LogP contribution in [0.15, 0.2) is 71.3 Å². The van der Waals surface area contributed by atoms with Crippen LogP contribution in [0.3, 0.4) is 0 Å². The van der Waals surface area contributed by atoms with Crippen LogP contribution in [0, 0.1) is 5.82 Å². The Hall–Kier alpha value is -3.16. The lowest BCUT2D eigenvalue weighted by molar-refractivity contribution is 0.0960. The number of nitrogens with one attached hydrogen (secondary N) is 2. The summed E-state index contributed by atoms with van der Waals surface area (Å²) < 4.78 is 16.1. The third-order valence-corrected chi connectivity index (χ3v) is 6.08.